The van der Waals surface area contributed by atoms with Gasteiger partial charge in [0.15, 0.2) is 6.73 Å². The monoisotopic (exact) mass is 575 g/mol. The number of nitriles is 1. The summed E-state index contributed by atoms with van der Waals surface area (Å²) in [5.41, 5.74) is 6.09. The number of pyridine rings is 1. The molecule has 3 aromatic carbocycles. The summed E-state index contributed by atoms with van der Waals surface area (Å²) in [4.78, 5) is 18.2. The number of halogens is 1. The molecule has 6 aromatic rings. The first-order chi connectivity index (χ1) is 20.4. The Hall–Kier alpha value is -5.27. The molecule has 0 saturated heterocycles. The first-order valence-corrected chi connectivity index (χ1v) is 13.5. The smallest absolute Gasteiger partial charge is 0.255 e. The minimum absolute atomic E-state index is 0.246. The number of carbonyl (C=O) groups is 1. The molecule has 1 N–H and O–H groups in total. The van der Waals surface area contributed by atoms with E-state index in [4.69, 9.17) is 14.1 Å². The average molecular weight is 576 g/mol. The largest absolute Gasteiger partial charge is 0.470 e. The SMILES string of the molecule is CNC(=O)c1c(-c2ccc(C#N)cc2)oc2cc(N(C)S)c(-c3ccc4c(n3)-c3cc5c(F)cccc5n3CO4)cc12. The maximum atomic E-state index is 14.6. The minimum Gasteiger partial charge on any atom is -0.470 e. The van der Waals surface area contributed by atoms with Gasteiger partial charge in [0.1, 0.15) is 28.6 Å². The summed E-state index contributed by atoms with van der Waals surface area (Å²) in [5, 5.41) is 13.0. The Labute approximate surface area is 245 Å². The first kappa shape index (κ1) is 25.7. The van der Waals surface area contributed by atoms with Gasteiger partial charge in [-0.1, -0.05) is 18.9 Å². The molecule has 10 heteroatoms. The van der Waals surface area contributed by atoms with Crippen molar-refractivity contribution in [1.29, 1.82) is 5.26 Å². The van der Waals surface area contributed by atoms with E-state index < -0.39 is 0 Å². The van der Waals surface area contributed by atoms with Gasteiger partial charge in [-0.05, 0) is 60.7 Å². The molecule has 0 unspecified atom stereocenters. The second-order valence-electron chi connectivity index (χ2n) is 9.91. The molecule has 8 nitrogen and oxygen atoms in total. The molecular weight excluding hydrogens is 553 g/mol. The van der Waals surface area contributed by atoms with Gasteiger partial charge in [-0.3, -0.25) is 4.79 Å². The molecule has 0 fully saturated rings. The molecule has 4 heterocycles. The van der Waals surface area contributed by atoms with Gasteiger partial charge in [-0.25, -0.2) is 9.37 Å². The van der Waals surface area contributed by atoms with Gasteiger partial charge in [0.25, 0.3) is 5.91 Å². The topological polar surface area (TPSA) is 96.3 Å². The van der Waals surface area contributed by atoms with Crippen molar-refractivity contribution in [2.45, 2.75) is 6.73 Å². The van der Waals surface area contributed by atoms with Crippen LogP contribution in [0.1, 0.15) is 15.9 Å². The number of fused-ring (bicyclic) bond motifs is 6. The predicted octanol–water partition coefficient (Wildman–Crippen LogP) is 6.78. The third-order valence-corrected chi connectivity index (χ3v) is 7.72. The number of thiol groups is 1. The number of rotatable bonds is 4. The van der Waals surface area contributed by atoms with E-state index in [2.05, 4.69) is 24.2 Å². The van der Waals surface area contributed by atoms with E-state index in [0.717, 1.165) is 11.2 Å². The van der Waals surface area contributed by atoms with E-state index in [1.165, 1.54) is 6.07 Å². The van der Waals surface area contributed by atoms with Crippen LogP contribution in [0, 0.1) is 17.1 Å². The zero-order valence-electron chi connectivity index (χ0n) is 22.5. The molecule has 7 rings (SSSR count). The molecule has 3 aromatic heterocycles. The van der Waals surface area contributed by atoms with Gasteiger partial charge >= 0.3 is 0 Å². The summed E-state index contributed by atoms with van der Waals surface area (Å²) >= 11 is 4.59. The molecule has 1 aliphatic rings. The standard InChI is InChI=1S/C32H22FN5O3S/c1-35-32(39)29-21-12-20(25(37(2)42)14-28(21)41-31(29)18-8-6-17(15-34)7-9-18)23-10-11-27-30(36-23)26-13-19-22(33)4-3-5-24(19)38(26)16-40-27/h3-14,42H,16H2,1-2H3,(H,35,39). The number of anilines is 1. The van der Waals surface area contributed by atoms with Crippen LogP contribution in [0.4, 0.5) is 10.1 Å². The molecule has 0 aliphatic carbocycles. The molecular formula is C32H22FN5O3S. The molecule has 0 spiro atoms. The first-order valence-electron chi connectivity index (χ1n) is 13.1. The van der Waals surface area contributed by atoms with Crippen LogP contribution in [-0.4, -0.2) is 29.6 Å². The number of aromatic nitrogens is 2. The van der Waals surface area contributed by atoms with Crippen LogP contribution < -0.4 is 14.4 Å². The molecule has 0 atom stereocenters. The van der Waals surface area contributed by atoms with Crippen LogP contribution in [0.25, 0.3) is 55.8 Å². The van der Waals surface area contributed by atoms with Crippen molar-refractivity contribution >= 4 is 46.3 Å². The lowest BCUT2D eigenvalue weighted by molar-refractivity contribution is 0.0964. The lowest BCUT2D eigenvalue weighted by Gasteiger charge is -2.22. The van der Waals surface area contributed by atoms with Gasteiger partial charge in [0, 0.05) is 42.1 Å². The second-order valence-corrected chi connectivity index (χ2v) is 10.5. The van der Waals surface area contributed by atoms with Gasteiger partial charge < -0.3 is 23.3 Å². The Balaban J connectivity index is 1.45. The fraction of sp³-hybridized carbons (Fsp3) is 0.0938. The van der Waals surface area contributed by atoms with Crippen molar-refractivity contribution in [3.8, 4) is 45.8 Å². The number of ether oxygens (including phenoxy) is 1. The van der Waals surface area contributed by atoms with Gasteiger partial charge in [-0.2, -0.15) is 5.26 Å². The van der Waals surface area contributed by atoms with Crippen molar-refractivity contribution in [3.63, 3.8) is 0 Å². The molecule has 0 radical (unpaired) electrons. The van der Waals surface area contributed by atoms with E-state index in [1.54, 1.807) is 54.8 Å². The van der Waals surface area contributed by atoms with Crippen molar-refractivity contribution in [1.82, 2.24) is 14.9 Å². The van der Waals surface area contributed by atoms with E-state index in [-0.39, 0.29) is 18.5 Å². The lowest BCUT2D eigenvalue weighted by Crippen LogP contribution is -2.18. The minimum atomic E-state index is -0.315. The highest BCUT2D eigenvalue weighted by Gasteiger charge is 2.26. The highest BCUT2D eigenvalue weighted by molar-refractivity contribution is 7.81. The zero-order valence-corrected chi connectivity index (χ0v) is 23.4. The van der Waals surface area contributed by atoms with Gasteiger partial charge in [0.2, 0.25) is 0 Å². The Bertz CT molecular complexity index is 2110. The van der Waals surface area contributed by atoms with Crippen LogP contribution in [0.3, 0.4) is 0 Å². The predicted molar refractivity (Wildman–Crippen MR) is 162 cm³/mol. The van der Waals surface area contributed by atoms with Crippen LogP contribution in [0.5, 0.6) is 5.75 Å². The third-order valence-electron chi connectivity index (χ3n) is 7.50. The van der Waals surface area contributed by atoms with Gasteiger partial charge in [-0.15, -0.1) is 0 Å². The number of amides is 1. The van der Waals surface area contributed by atoms with Crippen LogP contribution in [0.15, 0.2) is 77.2 Å². The second kappa shape index (κ2) is 9.68. The van der Waals surface area contributed by atoms with E-state index in [1.807, 2.05) is 34.9 Å². The Morgan fingerprint density at radius 1 is 1.12 bits per heavy atom. The third kappa shape index (κ3) is 3.89. The zero-order chi connectivity index (χ0) is 29.1. The number of carbonyl (C=O) groups excluding carboxylic acids is 1. The Kier molecular flexibility index (Phi) is 5.92. The normalized spacial score (nSPS) is 12.0. The number of hydrogen-bond donors (Lipinski definition) is 2. The average Bonchev–Trinajstić information content (AvgIpc) is 3.59. The summed E-state index contributed by atoms with van der Waals surface area (Å²) in [7, 11) is 3.35. The van der Waals surface area contributed by atoms with E-state index >= 15 is 0 Å². The highest BCUT2D eigenvalue weighted by Crippen LogP contribution is 2.43. The van der Waals surface area contributed by atoms with Gasteiger partial charge in [0.05, 0.1) is 39.8 Å². The molecule has 1 aliphatic heterocycles. The summed E-state index contributed by atoms with van der Waals surface area (Å²) in [6.07, 6.45) is 0. The van der Waals surface area contributed by atoms with E-state index in [0.29, 0.717) is 67.2 Å². The molecule has 0 saturated carbocycles. The number of nitrogens with zero attached hydrogens (tertiary/aromatic N) is 4. The lowest BCUT2D eigenvalue weighted by atomic mass is 10.00. The molecule has 206 valence electrons. The maximum absolute atomic E-state index is 14.6. The molecule has 0 bridgehead atoms. The van der Waals surface area contributed by atoms with Crippen LogP contribution in [-0.2, 0) is 6.73 Å². The van der Waals surface area contributed by atoms with Crippen molar-refractivity contribution < 1.29 is 18.3 Å². The van der Waals surface area contributed by atoms with Crippen LogP contribution in [0.2, 0.25) is 0 Å². The Morgan fingerprint density at radius 2 is 1.93 bits per heavy atom. The summed E-state index contributed by atoms with van der Waals surface area (Å²) in [6, 6.07) is 23.1. The number of nitrogens with one attached hydrogen (secondary N) is 1. The van der Waals surface area contributed by atoms with Crippen molar-refractivity contribution in [2.75, 3.05) is 18.4 Å². The van der Waals surface area contributed by atoms with Crippen molar-refractivity contribution in [2.24, 2.45) is 0 Å². The summed E-state index contributed by atoms with van der Waals surface area (Å²) in [6.45, 7) is 0.246. The summed E-state index contributed by atoms with van der Waals surface area (Å²) in [5.74, 6) is 0.353. The fourth-order valence-electron chi connectivity index (χ4n) is 5.47. The fourth-order valence-corrected chi connectivity index (χ4v) is 5.63. The van der Waals surface area contributed by atoms with E-state index in [9.17, 15) is 14.4 Å². The number of furan rings is 1. The maximum Gasteiger partial charge on any atom is 0.255 e. The molecule has 1 amide bonds. The molecule has 42 heavy (non-hydrogen) atoms. The number of hydrogen-bond acceptors (Lipinski definition) is 7. The number of benzene rings is 3. The summed E-state index contributed by atoms with van der Waals surface area (Å²) < 4.78 is 30.4. The quantitative estimate of drug-likeness (QED) is 0.225. The highest BCUT2D eigenvalue weighted by atomic mass is 32.1. The van der Waals surface area contributed by atoms with Crippen molar-refractivity contribution in [3.05, 3.63) is 89.7 Å². The van der Waals surface area contributed by atoms with Crippen LogP contribution >= 0.6 is 12.8 Å². The Morgan fingerprint density at radius 3 is 2.67 bits per heavy atom.